The number of nitrogens with zero attached hydrogens (tertiary/aromatic N) is 2. The second-order valence-electron chi connectivity index (χ2n) is 5.52. The predicted molar refractivity (Wildman–Crippen MR) is 65.4 cm³/mol. The number of carbonyl (C=O) groups is 1. The van der Waals surface area contributed by atoms with Crippen molar-refractivity contribution >= 4 is 6.03 Å². The number of carbonyl (C=O) groups excluding carboxylic acids is 1. The van der Waals surface area contributed by atoms with Gasteiger partial charge < -0.3 is 9.80 Å². The molecule has 1 aliphatic carbocycles. The molecule has 1 saturated carbocycles. The van der Waals surface area contributed by atoms with E-state index in [4.69, 9.17) is 0 Å². The summed E-state index contributed by atoms with van der Waals surface area (Å²) in [6.07, 6.45) is 6.28. The van der Waals surface area contributed by atoms with Gasteiger partial charge in [-0.25, -0.2) is 4.79 Å². The lowest BCUT2D eigenvalue weighted by molar-refractivity contribution is 0.129. The molecule has 2 amide bonds. The Balaban J connectivity index is 1.91. The Labute approximate surface area is 98.8 Å². The zero-order valence-corrected chi connectivity index (χ0v) is 10.6. The van der Waals surface area contributed by atoms with E-state index in [0.717, 1.165) is 25.6 Å². The average Bonchev–Trinajstić information content (AvgIpc) is 3.09. The van der Waals surface area contributed by atoms with Gasteiger partial charge in [-0.15, -0.1) is 0 Å². The van der Waals surface area contributed by atoms with E-state index >= 15 is 0 Å². The quantitative estimate of drug-likeness (QED) is 0.723. The maximum absolute atomic E-state index is 12.4. The van der Waals surface area contributed by atoms with Gasteiger partial charge in [-0.1, -0.05) is 0 Å². The van der Waals surface area contributed by atoms with Crippen molar-refractivity contribution in [3.63, 3.8) is 0 Å². The van der Waals surface area contributed by atoms with Crippen LogP contribution in [0.15, 0.2) is 0 Å². The molecule has 2 rings (SSSR count). The van der Waals surface area contributed by atoms with Crippen molar-refractivity contribution in [1.82, 2.24) is 9.80 Å². The molecule has 0 aromatic rings. The minimum atomic E-state index is 0.279. The molecule has 16 heavy (non-hydrogen) atoms. The molecule has 0 aromatic carbocycles. The number of hydrogen-bond donors (Lipinski definition) is 0. The first-order valence-corrected chi connectivity index (χ1v) is 6.74. The van der Waals surface area contributed by atoms with Crippen LogP contribution in [0, 0.1) is 5.92 Å². The fourth-order valence-corrected chi connectivity index (χ4v) is 2.36. The molecular formula is C13H24N2O. The van der Waals surface area contributed by atoms with Crippen molar-refractivity contribution < 1.29 is 4.79 Å². The molecule has 0 N–H and O–H groups in total. The van der Waals surface area contributed by atoms with Gasteiger partial charge in [0.2, 0.25) is 0 Å². The largest absolute Gasteiger partial charge is 0.325 e. The molecule has 3 heteroatoms. The summed E-state index contributed by atoms with van der Waals surface area (Å²) >= 11 is 0. The molecule has 0 radical (unpaired) electrons. The summed E-state index contributed by atoms with van der Waals surface area (Å²) < 4.78 is 0. The van der Waals surface area contributed by atoms with E-state index in [1.165, 1.54) is 32.1 Å². The first kappa shape index (κ1) is 11.7. The van der Waals surface area contributed by atoms with Gasteiger partial charge in [0.25, 0.3) is 0 Å². The number of piperidine rings is 1. The van der Waals surface area contributed by atoms with E-state index in [1.54, 1.807) is 0 Å². The molecule has 0 unspecified atom stereocenters. The van der Waals surface area contributed by atoms with E-state index in [0.29, 0.717) is 6.04 Å². The highest BCUT2D eigenvalue weighted by Crippen LogP contribution is 2.30. The topological polar surface area (TPSA) is 23.6 Å². The van der Waals surface area contributed by atoms with Crippen LogP contribution < -0.4 is 0 Å². The number of likely N-dealkylation sites (tertiary alicyclic amines) is 1. The van der Waals surface area contributed by atoms with E-state index < -0.39 is 0 Å². The molecule has 1 aliphatic heterocycles. The third-order valence-electron chi connectivity index (χ3n) is 3.65. The first-order chi connectivity index (χ1) is 7.68. The summed E-state index contributed by atoms with van der Waals surface area (Å²) in [5, 5.41) is 0. The number of hydrogen-bond acceptors (Lipinski definition) is 1. The Morgan fingerprint density at radius 2 is 1.88 bits per heavy atom. The lowest BCUT2D eigenvalue weighted by Crippen LogP contribution is -2.48. The van der Waals surface area contributed by atoms with Crippen LogP contribution in [-0.2, 0) is 0 Å². The first-order valence-electron chi connectivity index (χ1n) is 6.74. The van der Waals surface area contributed by atoms with Crippen molar-refractivity contribution in [2.24, 2.45) is 5.92 Å². The number of rotatable bonds is 3. The van der Waals surface area contributed by atoms with E-state index in [2.05, 4.69) is 18.7 Å². The van der Waals surface area contributed by atoms with Crippen LogP contribution in [0.5, 0.6) is 0 Å². The maximum Gasteiger partial charge on any atom is 0.320 e. The van der Waals surface area contributed by atoms with Crippen molar-refractivity contribution in [2.45, 2.75) is 52.0 Å². The Hall–Kier alpha value is -0.730. The fraction of sp³-hybridized carbons (Fsp3) is 0.923. The molecule has 0 aromatic heterocycles. The third kappa shape index (κ3) is 2.89. The van der Waals surface area contributed by atoms with Crippen LogP contribution in [0.25, 0.3) is 0 Å². The number of amides is 2. The SMILES string of the molecule is CC(C)N(CC1CC1)C(=O)N1CCCCC1. The van der Waals surface area contributed by atoms with Crippen molar-refractivity contribution in [1.29, 1.82) is 0 Å². The van der Waals surface area contributed by atoms with Gasteiger partial charge in [-0.3, -0.25) is 0 Å². The maximum atomic E-state index is 12.4. The second-order valence-corrected chi connectivity index (χ2v) is 5.52. The summed E-state index contributed by atoms with van der Waals surface area (Å²) in [5.74, 6) is 0.788. The summed E-state index contributed by atoms with van der Waals surface area (Å²) in [7, 11) is 0. The van der Waals surface area contributed by atoms with Gasteiger partial charge in [0.05, 0.1) is 0 Å². The summed E-state index contributed by atoms with van der Waals surface area (Å²) in [5.41, 5.74) is 0. The van der Waals surface area contributed by atoms with Crippen LogP contribution in [0.2, 0.25) is 0 Å². The summed E-state index contributed by atoms with van der Waals surface area (Å²) in [4.78, 5) is 16.5. The standard InChI is InChI=1S/C13H24N2O/c1-11(2)15(10-12-6-7-12)13(16)14-8-4-3-5-9-14/h11-12H,3-10H2,1-2H3. The van der Waals surface area contributed by atoms with Gasteiger partial charge >= 0.3 is 6.03 Å². The normalized spacial score (nSPS) is 21.3. The highest BCUT2D eigenvalue weighted by Gasteiger charge is 2.30. The van der Waals surface area contributed by atoms with Gasteiger partial charge in [0, 0.05) is 25.7 Å². The van der Waals surface area contributed by atoms with Crippen molar-refractivity contribution in [3.8, 4) is 0 Å². The Morgan fingerprint density at radius 1 is 1.25 bits per heavy atom. The van der Waals surface area contributed by atoms with Crippen molar-refractivity contribution in [3.05, 3.63) is 0 Å². The van der Waals surface area contributed by atoms with E-state index in [-0.39, 0.29) is 6.03 Å². The minimum Gasteiger partial charge on any atom is -0.325 e. The summed E-state index contributed by atoms with van der Waals surface area (Å²) in [6, 6.07) is 0.622. The molecule has 2 aliphatic rings. The van der Waals surface area contributed by atoms with Crippen LogP contribution in [0.4, 0.5) is 4.79 Å². The monoisotopic (exact) mass is 224 g/mol. The molecule has 0 spiro atoms. The van der Waals surface area contributed by atoms with Crippen molar-refractivity contribution in [2.75, 3.05) is 19.6 Å². The Kier molecular flexibility index (Phi) is 3.72. The molecule has 92 valence electrons. The van der Waals surface area contributed by atoms with E-state index in [1.807, 2.05) is 4.90 Å². The predicted octanol–water partition coefficient (Wildman–Crippen LogP) is 2.71. The molecule has 0 atom stereocenters. The van der Waals surface area contributed by atoms with Gasteiger partial charge in [0.15, 0.2) is 0 Å². The number of urea groups is 1. The molecule has 0 bridgehead atoms. The van der Waals surface area contributed by atoms with Crippen LogP contribution >= 0.6 is 0 Å². The fourth-order valence-electron chi connectivity index (χ4n) is 2.36. The highest BCUT2D eigenvalue weighted by molar-refractivity contribution is 5.74. The molecule has 1 heterocycles. The molecule has 2 fully saturated rings. The zero-order chi connectivity index (χ0) is 11.5. The van der Waals surface area contributed by atoms with Gasteiger partial charge in [-0.05, 0) is 51.9 Å². The zero-order valence-electron chi connectivity index (χ0n) is 10.6. The Bertz CT molecular complexity index is 242. The lowest BCUT2D eigenvalue weighted by Gasteiger charge is -2.35. The molecule has 1 saturated heterocycles. The third-order valence-corrected chi connectivity index (χ3v) is 3.65. The highest BCUT2D eigenvalue weighted by atomic mass is 16.2. The average molecular weight is 224 g/mol. The van der Waals surface area contributed by atoms with Gasteiger partial charge in [0.1, 0.15) is 0 Å². The van der Waals surface area contributed by atoms with Gasteiger partial charge in [-0.2, -0.15) is 0 Å². The van der Waals surface area contributed by atoms with Crippen LogP contribution in [0.1, 0.15) is 46.0 Å². The lowest BCUT2D eigenvalue weighted by atomic mass is 10.1. The second kappa shape index (κ2) is 5.07. The minimum absolute atomic E-state index is 0.279. The molecule has 3 nitrogen and oxygen atoms in total. The Morgan fingerprint density at radius 3 is 2.38 bits per heavy atom. The van der Waals surface area contributed by atoms with Crippen LogP contribution in [0.3, 0.4) is 0 Å². The molecular weight excluding hydrogens is 200 g/mol. The smallest absolute Gasteiger partial charge is 0.320 e. The van der Waals surface area contributed by atoms with Crippen LogP contribution in [-0.4, -0.2) is 41.5 Å². The summed E-state index contributed by atoms with van der Waals surface area (Å²) in [6.45, 7) is 7.17. The van der Waals surface area contributed by atoms with E-state index in [9.17, 15) is 4.79 Å².